The van der Waals surface area contributed by atoms with Crippen molar-refractivity contribution in [1.82, 2.24) is 0 Å². The van der Waals surface area contributed by atoms with Crippen LogP contribution in [0.1, 0.15) is 12.0 Å². The van der Waals surface area contributed by atoms with Gasteiger partial charge in [-0.05, 0) is 17.6 Å². The second-order valence-corrected chi connectivity index (χ2v) is 5.26. The van der Waals surface area contributed by atoms with Gasteiger partial charge in [0.05, 0.1) is 0 Å². The van der Waals surface area contributed by atoms with Gasteiger partial charge in [-0.2, -0.15) is 0 Å². The summed E-state index contributed by atoms with van der Waals surface area (Å²) in [6.07, 6.45) is 8.44. The van der Waals surface area contributed by atoms with E-state index in [1.807, 2.05) is 36.4 Å². The molecule has 0 saturated carbocycles. The maximum absolute atomic E-state index is 12.8. The lowest BCUT2D eigenvalue weighted by Crippen LogP contribution is -2.43. The molecule has 0 radical (unpaired) electrons. The predicted octanol–water partition coefficient (Wildman–Crippen LogP) is 3.47. The Hall–Kier alpha value is -2.88. The number of allylic oxidation sites excluding steroid dienone is 3. The lowest BCUT2D eigenvalue weighted by atomic mass is 9.72. The molecule has 0 aromatic heterocycles. The summed E-state index contributed by atoms with van der Waals surface area (Å²) in [5, 5.41) is 0. The van der Waals surface area contributed by atoms with E-state index in [9.17, 15) is 9.59 Å². The predicted molar refractivity (Wildman–Crippen MR) is 92.9 cm³/mol. The van der Waals surface area contributed by atoms with Crippen LogP contribution in [0.3, 0.4) is 0 Å². The third-order valence-corrected chi connectivity index (χ3v) is 3.73. The Kier molecular flexibility index (Phi) is 5.90. The van der Waals surface area contributed by atoms with Crippen molar-refractivity contribution in [2.24, 2.45) is 5.41 Å². The highest BCUT2D eigenvalue weighted by atomic mass is 16.6. The molecule has 0 spiro atoms. The quantitative estimate of drug-likeness (QED) is 0.438. The molecule has 0 bridgehead atoms. The number of esters is 2. The van der Waals surface area contributed by atoms with Crippen LogP contribution in [0.4, 0.5) is 0 Å². The van der Waals surface area contributed by atoms with Gasteiger partial charge in [0.25, 0.3) is 0 Å². The maximum Gasteiger partial charge on any atom is 0.328 e. The third kappa shape index (κ3) is 3.38. The van der Waals surface area contributed by atoms with E-state index < -0.39 is 17.4 Å². The molecule has 0 amide bonds. The van der Waals surface area contributed by atoms with E-state index in [1.54, 1.807) is 12.2 Å². The van der Waals surface area contributed by atoms with E-state index in [0.29, 0.717) is 5.57 Å². The Morgan fingerprint density at radius 1 is 1.04 bits per heavy atom. The van der Waals surface area contributed by atoms with Crippen molar-refractivity contribution in [3.05, 3.63) is 79.4 Å². The molecule has 0 saturated heterocycles. The van der Waals surface area contributed by atoms with E-state index in [0.717, 1.165) is 5.56 Å². The minimum atomic E-state index is -1.53. The van der Waals surface area contributed by atoms with Gasteiger partial charge in [-0.1, -0.05) is 73.9 Å². The summed E-state index contributed by atoms with van der Waals surface area (Å²) in [6.45, 7) is 7.13. The van der Waals surface area contributed by atoms with E-state index in [1.165, 1.54) is 12.2 Å². The molecule has 1 aliphatic carbocycles. The molecule has 0 fully saturated rings. The average Bonchev–Trinajstić information content (AvgIpc) is 2.64. The summed E-state index contributed by atoms with van der Waals surface area (Å²) in [6, 6.07) is 9.27. The third-order valence-electron chi connectivity index (χ3n) is 3.73. The molecule has 0 unspecified atom stereocenters. The van der Waals surface area contributed by atoms with Gasteiger partial charge in [-0.25, -0.2) is 0 Å². The first-order chi connectivity index (χ1) is 11.7. The summed E-state index contributed by atoms with van der Waals surface area (Å²) in [5.74, 6) is -1.29. The van der Waals surface area contributed by atoms with E-state index in [2.05, 4.69) is 13.2 Å². The first-order valence-electron chi connectivity index (χ1n) is 7.65. The summed E-state index contributed by atoms with van der Waals surface area (Å²) >= 11 is 0. The number of hydrogen-bond donors (Lipinski definition) is 0. The van der Waals surface area contributed by atoms with Gasteiger partial charge in [0.15, 0.2) is 5.41 Å². The lowest BCUT2D eigenvalue weighted by Gasteiger charge is -2.32. The number of hydrogen-bond acceptors (Lipinski definition) is 4. The zero-order valence-electron chi connectivity index (χ0n) is 13.4. The number of carbonyl (C=O) groups excluding carboxylic acids is 2. The first kappa shape index (κ1) is 17.5. The van der Waals surface area contributed by atoms with Gasteiger partial charge in [0, 0.05) is 0 Å². The molecule has 1 aromatic rings. The molecule has 0 atom stereocenters. The Labute approximate surface area is 141 Å². The minimum Gasteiger partial charge on any atom is -0.460 e. The van der Waals surface area contributed by atoms with Crippen molar-refractivity contribution in [3.63, 3.8) is 0 Å². The second-order valence-electron chi connectivity index (χ2n) is 5.26. The monoisotopic (exact) mass is 324 g/mol. The van der Waals surface area contributed by atoms with Crippen LogP contribution < -0.4 is 0 Å². The van der Waals surface area contributed by atoms with E-state index >= 15 is 0 Å². The Morgan fingerprint density at radius 3 is 2.17 bits per heavy atom. The van der Waals surface area contributed by atoms with E-state index in [-0.39, 0.29) is 19.6 Å². The van der Waals surface area contributed by atoms with Crippen molar-refractivity contribution in [2.45, 2.75) is 6.42 Å². The molecule has 2 rings (SSSR count). The second kappa shape index (κ2) is 8.11. The van der Waals surface area contributed by atoms with Crippen molar-refractivity contribution < 1.29 is 19.1 Å². The van der Waals surface area contributed by atoms with Gasteiger partial charge >= 0.3 is 11.9 Å². The van der Waals surface area contributed by atoms with Crippen LogP contribution in [-0.4, -0.2) is 25.2 Å². The summed E-state index contributed by atoms with van der Waals surface area (Å²) in [7, 11) is 0. The van der Waals surface area contributed by atoms with Gasteiger partial charge in [-0.3, -0.25) is 9.59 Å². The summed E-state index contributed by atoms with van der Waals surface area (Å²) in [5.41, 5.74) is -0.191. The molecule has 4 nitrogen and oxygen atoms in total. The molecular weight excluding hydrogens is 304 g/mol. The largest absolute Gasteiger partial charge is 0.460 e. The van der Waals surface area contributed by atoms with Crippen molar-refractivity contribution in [1.29, 1.82) is 0 Å². The van der Waals surface area contributed by atoms with Crippen LogP contribution in [0.5, 0.6) is 0 Å². The molecule has 1 aromatic carbocycles. The standard InChI is InChI=1S/C20H20O4/c1-3-14-23-18(21)20(19(22)24-15-4-2)13-9-8-12-17(20)16-10-6-5-7-11-16/h3-12H,1-2,13-15H2. The topological polar surface area (TPSA) is 52.6 Å². The SMILES string of the molecule is C=CCOC(=O)C1(C(=O)OCC=C)CC=CC=C1c1ccccc1. The highest BCUT2D eigenvalue weighted by molar-refractivity contribution is 6.13. The number of rotatable bonds is 7. The van der Waals surface area contributed by atoms with Crippen molar-refractivity contribution in [2.75, 3.05) is 13.2 Å². The highest BCUT2D eigenvalue weighted by Crippen LogP contribution is 2.43. The van der Waals surface area contributed by atoms with Crippen molar-refractivity contribution in [3.8, 4) is 0 Å². The smallest absolute Gasteiger partial charge is 0.328 e. The lowest BCUT2D eigenvalue weighted by molar-refractivity contribution is -0.166. The van der Waals surface area contributed by atoms with Crippen LogP contribution in [0.2, 0.25) is 0 Å². The fourth-order valence-electron chi connectivity index (χ4n) is 2.61. The Bertz CT molecular complexity index is 659. The van der Waals surface area contributed by atoms with Crippen LogP contribution in [0.15, 0.2) is 73.9 Å². The summed E-state index contributed by atoms with van der Waals surface area (Å²) < 4.78 is 10.5. The molecule has 4 heteroatoms. The van der Waals surface area contributed by atoms with Gasteiger partial charge in [-0.15, -0.1) is 0 Å². The van der Waals surface area contributed by atoms with E-state index in [4.69, 9.17) is 9.47 Å². The molecular formula is C20H20O4. The van der Waals surface area contributed by atoms with Gasteiger partial charge in [0.2, 0.25) is 0 Å². The number of ether oxygens (including phenoxy) is 2. The molecule has 24 heavy (non-hydrogen) atoms. The van der Waals surface area contributed by atoms with Crippen LogP contribution >= 0.6 is 0 Å². The van der Waals surface area contributed by atoms with Crippen LogP contribution in [-0.2, 0) is 19.1 Å². The van der Waals surface area contributed by atoms with Crippen LogP contribution in [0, 0.1) is 5.41 Å². The first-order valence-corrected chi connectivity index (χ1v) is 7.65. The molecule has 0 N–H and O–H groups in total. The van der Waals surface area contributed by atoms with Crippen LogP contribution in [0.25, 0.3) is 5.57 Å². The molecule has 0 heterocycles. The van der Waals surface area contributed by atoms with Gasteiger partial charge < -0.3 is 9.47 Å². The normalized spacial score (nSPS) is 15.1. The number of benzene rings is 1. The Morgan fingerprint density at radius 2 is 1.62 bits per heavy atom. The molecule has 0 aliphatic heterocycles. The molecule has 1 aliphatic rings. The fraction of sp³-hybridized carbons (Fsp3) is 0.200. The van der Waals surface area contributed by atoms with Gasteiger partial charge in [0.1, 0.15) is 13.2 Å². The average molecular weight is 324 g/mol. The summed E-state index contributed by atoms with van der Waals surface area (Å²) in [4.78, 5) is 25.6. The highest BCUT2D eigenvalue weighted by Gasteiger charge is 2.52. The van der Waals surface area contributed by atoms with Crippen molar-refractivity contribution >= 4 is 17.5 Å². The Balaban J connectivity index is 2.50. The fourth-order valence-corrected chi connectivity index (χ4v) is 2.61. The maximum atomic E-state index is 12.8. The zero-order valence-corrected chi connectivity index (χ0v) is 13.4. The number of carbonyl (C=O) groups is 2. The minimum absolute atomic E-state index is 0.0289. The molecule has 124 valence electrons. The zero-order chi connectivity index (χ0) is 17.4.